The van der Waals surface area contributed by atoms with Crippen molar-refractivity contribution in [3.8, 4) is 0 Å². The summed E-state index contributed by atoms with van der Waals surface area (Å²) < 4.78 is 11.4. The molecule has 0 aliphatic carbocycles. The summed E-state index contributed by atoms with van der Waals surface area (Å²) in [4.78, 5) is 11.7. The number of piperidine rings is 1. The molecule has 1 aliphatic heterocycles. The SMILES string of the molecule is COC(=O)c1ccc(C[N+]2(CC(O)COCc3ccc(Cl)cc3)CCCCC2)cc1.[Br-]. The zero-order valence-corrected chi connectivity index (χ0v) is 20.3. The van der Waals surface area contributed by atoms with Gasteiger partial charge in [0.1, 0.15) is 19.2 Å². The number of carbonyl (C=O) groups excluding carboxylic acids is 1. The van der Waals surface area contributed by atoms with Crippen LogP contribution < -0.4 is 17.0 Å². The summed E-state index contributed by atoms with van der Waals surface area (Å²) in [5.41, 5.74) is 2.76. The van der Waals surface area contributed by atoms with Crippen LogP contribution in [0.25, 0.3) is 0 Å². The quantitative estimate of drug-likeness (QED) is 0.405. The maximum absolute atomic E-state index is 11.7. The first-order valence-corrected chi connectivity index (χ1v) is 10.9. The summed E-state index contributed by atoms with van der Waals surface area (Å²) in [7, 11) is 1.39. The largest absolute Gasteiger partial charge is 1.00 e. The molecule has 0 spiro atoms. The molecule has 0 saturated carbocycles. The van der Waals surface area contributed by atoms with Gasteiger partial charge < -0.3 is 36.0 Å². The Kier molecular flexibility index (Phi) is 10.5. The highest BCUT2D eigenvalue weighted by atomic mass is 79.9. The number of aliphatic hydroxyl groups excluding tert-OH is 1. The second kappa shape index (κ2) is 12.6. The first-order chi connectivity index (χ1) is 14.5. The minimum Gasteiger partial charge on any atom is -1.00 e. The van der Waals surface area contributed by atoms with Crippen LogP contribution in [0.4, 0.5) is 0 Å². The van der Waals surface area contributed by atoms with Crippen LogP contribution in [0, 0.1) is 0 Å². The smallest absolute Gasteiger partial charge is 0.337 e. The van der Waals surface area contributed by atoms with Gasteiger partial charge in [-0.2, -0.15) is 0 Å². The Hall–Kier alpha value is -1.44. The van der Waals surface area contributed by atoms with E-state index in [4.69, 9.17) is 21.1 Å². The third-order valence-electron chi connectivity index (χ3n) is 5.75. The van der Waals surface area contributed by atoms with Crippen molar-refractivity contribution in [1.82, 2.24) is 0 Å². The molecular weight excluding hydrogens is 482 g/mol. The number of hydrogen-bond acceptors (Lipinski definition) is 4. The molecule has 0 bridgehead atoms. The second-order valence-electron chi connectivity index (χ2n) is 8.17. The summed E-state index contributed by atoms with van der Waals surface area (Å²) in [6.45, 7) is 4.38. The Labute approximate surface area is 200 Å². The van der Waals surface area contributed by atoms with E-state index in [1.54, 1.807) is 0 Å². The van der Waals surface area contributed by atoms with Gasteiger partial charge in [-0.15, -0.1) is 0 Å². The number of likely N-dealkylation sites (tertiary alicyclic amines) is 1. The molecule has 2 aromatic rings. The number of rotatable bonds is 9. The number of hydrogen-bond donors (Lipinski definition) is 1. The Morgan fingerprint density at radius 2 is 1.65 bits per heavy atom. The summed E-state index contributed by atoms with van der Waals surface area (Å²) in [6.07, 6.45) is 3.05. The molecule has 1 N–H and O–H groups in total. The van der Waals surface area contributed by atoms with Crippen LogP contribution in [-0.4, -0.2) is 55.0 Å². The van der Waals surface area contributed by atoms with E-state index in [0.29, 0.717) is 30.3 Å². The number of ether oxygens (including phenoxy) is 2. The molecule has 0 radical (unpaired) electrons. The van der Waals surface area contributed by atoms with E-state index in [1.807, 2.05) is 48.5 Å². The fraction of sp³-hybridized carbons (Fsp3) is 0.458. The van der Waals surface area contributed by atoms with Crippen LogP contribution in [0.15, 0.2) is 48.5 Å². The van der Waals surface area contributed by atoms with Crippen LogP contribution >= 0.6 is 11.6 Å². The Morgan fingerprint density at radius 3 is 2.26 bits per heavy atom. The van der Waals surface area contributed by atoms with Gasteiger partial charge in [0.05, 0.1) is 39.0 Å². The fourth-order valence-electron chi connectivity index (χ4n) is 4.23. The van der Waals surface area contributed by atoms with Gasteiger partial charge >= 0.3 is 5.97 Å². The van der Waals surface area contributed by atoms with Crippen molar-refractivity contribution >= 4 is 17.6 Å². The van der Waals surface area contributed by atoms with E-state index in [0.717, 1.165) is 29.7 Å². The molecule has 31 heavy (non-hydrogen) atoms. The number of benzene rings is 2. The van der Waals surface area contributed by atoms with Crippen molar-refractivity contribution in [2.75, 3.05) is 33.4 Å². The van der Waals surface area contributed by atoms with Crippen LogP contribution in [0.2, 0.25) is 5.02 Å². The van der Waals surface area contributed by atoms with Crippen molar-refractivity contribution in [1.29, 1.82) is 0 Å². The van der Waals surface area contributed by atoms with E-state index in [2.05, 4.69) is 0 Å². The second-order valence-corrected chi connectivity index (χ2v) is 8.61. The monoisotopic (exact) mass is 511 g/mol. The van der Waals surface area contributed by atoms with Gasteiger partial charge in [0.25, 0.3) is 0 Å². The number of aliphatic hydroxyl groups is 1. The molecule has 1 heterocycles. The number of halogens is 2. The van der Waals surface area contributed by atoms with Crippen molar-refractivity contribution < 1.29 is 40.8 Å². The van der Waals surface area contributed by atoms with Gasteiger partial charge in [-0.25, -0.2) is 4.79 Å². The third-order valence-corrected chi connectivity index (χ3v) is 6.00. The molecule has 2 aromatic carbocycles. The molecule has 1 saturated heterocycles. The zero-order chi connectivity index (χ0) is 21.4. The van der Waals surface area contributed by atoms with Crippen molar-refractivity contribution in [2.24, 2.45) is 0 Å². The van der Waals surface area contributed by atoms with Crippen LogP contribution in [0.3, 0.4) is 0 Å². The maximum atomic E-state index is 11.7. The van der Waals surface area contributed by atoms with Gasteiger partial charge in [0.2, 0.25) is 0 Å². The van der Waals surface area contributed by atoms with Gasteiger partial charge in [-0.05, 0) is 49.1 Å². The average Bonchev–Trinajstić information content (AvgIpc) is 2.75. The molecule has 0 amide bonds. The molecule has 5 nitrogen and oxygen atoms in total. The Balaban J connectivity index is 0.00000341. The van der Waals surface area contributed by atoms with Crippen LogP contribution in [0.1, 0.15) is 40.7 Å². The van der Waals surface area contributed by atoms with Gasteiger partial charge in [0.15, 0.2) is 0 Å². The molecule has 1 fully saturated rings. The normalized spacial score (nSPS) is 16.2. The average molecular weight is 513 g/mol. The molecule has 1 atom stereocenters. The standard InChI is InChI=1S/C24H31ClNO4.BrH/c1-29-24(28)21-9-5-19(6-10-21)15-26(13-3-2-4-14-26)16-23(27)18-30-17-20-7-11-22(25)12-8-20;/h5-12,23,27H,2-4,13-18H2,1H3;1H/q+1;/p-1. The number of esters is 1. The lowest BCUT2D eigenvalue weighted by Crippen LogP contribution is -3.00. The molecule has 3 rings (SSSR count). The number of nitrogens with zero attached hydrogens (tertiary/aromatic N) is 1. The summed E-state index contributed by atoms with van der Waals surface area (Å²) >= 11 is 5.91. The lowest BCUT2D eigenvalue weighted by atomic mass is 10.0. The Morgan fingerprint density at radius 1 is 1.03 bits per heavy atom. The van der Waals surface area contributed by atoms with E-state index in [1.165, 1.54) is 31.9 Å². The molecular formula is C24H31BrClNO4. The molecule has 170 valence electrons. The topological polar surface area (TPSA) is 55.8 Å². The van der Waals surface area contributed by atoms with Crippen LogP contribution in [-0.2, 0) is 22.6 Å². The van der Waals surface area contributed by atoms with Crippen LogP contribution in [0.5, 0.6) is 0 Å². The zero-order valence-electron chi connectivity index (χ0n) is 17.9. The highest BCUT2D eigenvalue weighted by molar-refractivity contribution is 6.30. The van der Waals surface area contributed by atoms with Gasteiger partial charge in [-0.3, -0.25) is 0 Å². The number of carbonyl (C=O) groups is 1. The minimum absolute atomic E-state index is 0. The van der Waals surface area contributed by atoms with Gasteiger partial charge in [0, 0.05) is 10.6 Å². The van der Waals surface area contributed by atoms with E-state index in [-0.39, 0.29) is 23.0 Å². The lowest BCUT2D eigenvalue weighted by Gasteiger charge is -2.43. The Bertz CT molecular complexity index is 807. The summed E-state index contributed by atoms with van der Waals surface area (Å²) in [6, 6.07) is 15.2. The van der Waals surface area contributed by atoms with E-state index >= 15 is 0 Å². The third kappa shape index (κ3) is 7.88. The predicted molar refractivity (Wildman–Crippen MR) is 117 cm³/mol. The fourth-order valence-corrected chi connectivity index (χ4v) is 4.36. The molecule has 0 aromatic heterocycles. The molecule has 1 unspecified atom stereocenters. The lowest BCUT2D eigenvalue weighted by molar-refractivity contribution is -0.947. The van der Waals surface area contributed by atoms with E-state index in [9.17, 15) is 9.90 Å². The van der Waals surface area contributed by atoms with Gasteiger partial charge in [-0.1, -0.05) is 35.9 Å². The van der Waals surface area contributed by atoms with Crippen molar-refractivity contribution in [3.05, 3.63) is 70.2 Å². The van der Waals surface area contributed by atoms with Crippen molar-refractivity contribution in [3.63, 3.8) is 0 Å². The summed E-state index contributed by atoms with van der Waals surface area (Å²) in [5, 5.41) is 11.4. The number of quaternary nitrogens is 1. The molecule has 1 aliphatic rings. The minimum atomic E-state index is -0.523. The highest BCUT2D eigenvalue weighted by Crippen LogP contribution is 2.24. The maximum Gasteiger partial charge on any atom is 0.337 e. The first kappa shape index (κ1) is 25.8. The highest BCUT2D eigenvalue weighted by Gasteiger charge is 2.32. The number of methoxy groups -OCH3 is 1. The summed E-state index contributed by atoms with van der Waals surface area (Å²) in [5.74, 6) is -0.323. The molecule has 7 heteroatoms. The first-order valence-electron chi connectivity index (χ1n) is 10.5. The van der Waals surface area contributed by atoms with Crippen molar-refractivity contribution in [2.45, 2.75) is 38.5 Å². The van der Waals surface area contributed by atoms with E-state index < -0.39 is 6.10 Å². The predicted octanol–water partition coefficient (Wildman–Crippen LogP) is 1.21.